The van der Waals surface area contributed by atoms with Gasteiger partial charge in [-0.2, -0.15) is 0 Å². The molecule has 1 amide bonds. The number of hydrogen-bond acceptors (Lipinski definition) is 5. The van der Waals surface area contributed by atoms with E-state index in [4.69, 9.17) is 0 Å². The van der Waals surface area contributed by atoms with E-state index >= 15 is 0 Å². The Hall–Kier alpha value is -3.58. The molecule has 4 rings (SSSR count). The van der Waals surface area contributed by atoms with Crippen molar-refractivity contribution in [3.05, 3.63) is 87.5 Å². The third kappa shape index (κ3) is 3.86. The number of pyridine rings is 1. The van der Waals surface area contributed by atoms with Gasteiger partial charge in [0.05, 0.1) is 26.6 Å². The summed E-state index contributed by atoms with van der Waals surface area (Å²) >= 11 is 1.04. The highest BCUT2D eigenvalue weighted by Gasteiger charge is 2.17. The molecular weight excluding hydrogens is 386 g/mol. The van der Waals surface area contributed by atoms with Crippen molar-refractivity contribution >= 4 is 38.8 Å². The van der Waals surface area contributed by atoms with Crippen LogP contribution in [0.25, 0.3) is 21.5 Å². The first-order valence-electron chi connectivity index (χ1n) is 8.95. The minimum Gasteiger partial charge on any atom is -0.322 e. The van der Waals surface area contributed by atoms with Crippen LogP contribution in [0.5, 0.6) is 0 Å². The molecule has 0 fully saturated rings. The lowest BCUT2D eigenvalue weighted by Crippen LogP contribution is -2.13. The van der Waals surface area contributed by atoms with Gasteiger partial charge in [-0.05, 0) is 50.2 Å². The number of carbonyl (C=O) groups is 1. The number of aryl methyl sites for hydroxylation is 2. The molecule has 0 saturated carbocycles. The summed E-state index contributed by atoms with van der Waals surface area (Å²) in [5, 5.41) is 14.7. The number of nitro groups is 1. The molecule has 0 aliphatic rings. The predicted molar refractivity (Wildman–Crippen MR) is 116 cm³/mol. The minimum absolute atomic E-state index is 0.0384. The average Bonchev–Trinajstić information content (AvgIpc) is 3.19. The molecular formula is C22H17N3O3S. The lowest BCUT2D eigenvalue weighted by molar-refractivity contribution is -0.380. The van der Waals surface area contributed by atoms with Crippen LogP contribution in [0, 0.1) is 24.0 Å². The van der Waals surface area contributed by atoms with E-state index in [1.807, 2.05) is 56.3 Å². The van der Waals surface area contributed by atoms with Crippen LogP contribution in [0.4, 0.5) is 10.7 Å². The molecule has 6 nitrogen and oxygen atoms in total. The van der Waals surface area contributed by atoms with Crippen molar-refractivity contribution in [1.82, 2.24) is 4.98 Å². The Morgan fingerprint density at radius 2 is 1.72 bits per heavy atom. The van der Waals surface area contributed by atoms with Gasteiger partial charge in [0.2, 0.25) is 0 Å². The third-order valence-corrected chi connectivity index (χ3v) is 5.60. The van der Waals surface area contributed by atoms with Gasteiger partial charge in [0.1, 0.15) is 0 Å². The normalized spacial score (nSPS) is 10.8. The Morgan fingerprint density at radius 3 is 2.41 bits per heavy atom. The van der Waals surface area contributed by atoms with Crippen LogP contribution in [0.15, 0.2) is 60.7 Å². The molecule has 0 radical (unpaired) electrons. The number of hydrogen-bond donors (Lipinski definition) is 1. The summed E-state index contributed by atoms with van der Waals surface area (Å²) in [7, 11) is 0. The molecule has 2 heterocycles. The number of fused-ring (bicyclic) bond motifs is 1. The molecule has 0 atom stereocenters. The fraction of sp³-hybridized carbons (Fsp3) is 0.0909. The Morgan fingerprint density at radius 1 is 1.00 bits per heavy atom. The zero-order valence-corrected chi connectivity index (χ0v) is 16.6. The Labute approximate surface area is 171 Å². The van der Waals surface area contributed by atoms with E-state index in [9.17, 15) is 14.9 Å². The van der Waals surface area contributed by atoms with E-state index in [1.54, 1.807) is 12.1 Å². The molecule has 4 aromatic rings. The molecule has 7 heteroatoms. The molecule has 2 aromatic heterocycles. The van der Waals surface area contributed by atoms with Gasteiger partial charge < -0.3 is 5.32 Å². The molecule has 1 N–H and O–H groups in total. The van der Waals surface area contributed by atoms with Crippen molar-refractivity contribution < 1.29 is 9.72 Å². The van der Waals surface area contributed by atoms with Gasteiger partial charge in [-0.25, -0.2) is 4.98 Å². The van der Waals surface area contributed by atoms with Crippen molar-refractivity contribution in [2.75, 3.05) is 5.32 Å². The van der Waals surface area contributed by atoms with E-state index < -0.39 is 4.92 Å². The van der Waals surface area contributed by atoms with E-state index in [2.05, 4.69) is 10.3 Å². The standard InChI is InChI=1S/C22H17N3O3S/c1-13-3-6-15(7-4-13)23-22(26)17-12-19(20-9-10-21(29-20)25(27)28)24-18-8-5-14(2)11-16(17)18/h3-12H,1-2H3,(H,23,26). The highest BCUT2D eigenvalue weighted by molar-refractivity contribution is 7.18. The molecule has 2 aromatic carbocycles. The molecule has 144 valence electrons. The van der Waals surface area contributed by atoms with Gasteiger partial charge in [-0.3, -0.25) is 14.9 Å². The summed E-state index contributed by atoms with van der Waals surface area (Å²) in [6.45, 7) is 3.94. The van der Waals surface area contributed by atoms with E-state index in [1.165, 1.54) is 6.07 Å². The van der Waals surface area contributed by atoms with Gasteiger partial charge in [0, 0.05) is 17.1 Å². The second-order valence-corrected chi connectivity index (χ2v) is 7.85. The van der Waals surface area contributed by atoms with Gasteiger partial charge in [0.25, 0.3) is 5.91 Å². The average molecular weight is 403 g/mol. The molecule has 0 saturated heterocycles. The fourth-order valence-electron chi connectivity index (χ4n) is 3.05. The smallest absolute Gasteiger partial charge is 0.322 e. The number of nitrogens with one attached hydrogen (secondary N) is 1. The monoisotopic (exact) mass is 403 g/mol. The topological polar surface area (TPSA) is 85.1 Å². The number of benzene rings is 2. The first-order chi connectivity index (χ1) is 13.9. The number of amides is 1. The van der Waals surface area contributed by atoms with E-state index in [0.717, 1.165) is 27.8 Å². The SMILES string of the molecule is Cc1ccc(NC(=O)c2cc(-c3ccc([N+](=O)[O-])s3)nc3ccc(C)cc23)cc1. The first-order valence-corrected chi connectivity index (χ1v) is 9.76. The third-order valence-electron chi connectivity index (χ3n) is 4.54. The summed E-state index contributed by atoms with van der Waals surface area (Å²) in [6.07, 6.45) is 0. The van der Waals surface area contributed by atoms with Crippen LogP contribution >= 0.6 is 11.3 Å². The Bertz CT molecular complexity index is 1250. The molecule has 0 unspecified atom stereocenters. The number of aromatic nitrogens is 1. The highest BCUT2D eigenvalue weighted by Crippen LogP contribution is 2.34. The zero-order chi connectivity index (χ0) is 20.5. The summed E-state index contributed by atoms with van der Waals surface area (Å²) in [6, 6.07) is 18.1. The molecule has 0 bridgehead atoms. The number of thiophene rings is 1. The van der Waals surface area contributed by atoms with Gasteiger partial charge in [-0.15, -0.1) is 0 Å². The number of nitrogens with zero attached hydrogens (tertiary/aromatic N) is 2. The van der Waals surface area contributed by atoms with Crippen molar-refractivity contribution in [3.8, 4) is 10.6 Å². The molecule has 0 aliphatic heterocycles. The minimum atomic E-state index is -0.427. The lowest BCUT2D eigenvalue weighted by atomic mass is 10.0. The van der Waals surface area contributed by atoms with Gasteiger partial charge >= 0.3 is 5.00 Å². The second kappa shape index (κ2) is 7.44. The fourth-order valence-corrected chi connectivity index (χ4v) is 3.83. The van der Waals surface area contributed by atoms with E-state index in [-0.39, 0.29) is 10.9 Å². The quantitative estimate of drug-likeness (QED) is 0.348. The summed E-state index contributed by atoms with van der Waals surface area (Å²) in [5.41, 5.74) is 4.50. The first kappa shape index (κ1) is 18.8. The van der Waals surface area contributed by atoms with Crippen molar-refractivity contribution in [2.45, 2.75) is 13.8 Å². The van der Waals surface area contributed by atoms with Crippen LogP contribution in [0.1, 0.15) is 21.5 Å². The highest BCUT2D eigenvalue weighted by atomic mass is 32.1. The Kier molecular flexibility index (Phi) is 4.82. The lowest BCUT2D eigenvalue weighted by Gasteiger charge is -2.11. The van der Waals surface area contributed by atoms with Crippen LogP contribution in [-0.4, -0.2) is 15.8 Å². The predicted octanol–water partition coefficient (Wildman–Crippen LogP) is 5.74. The second-order valence-electron chi connectivity index (χ2n) is 6.79. The van der Waals surface area contributed by atoms with Crippen LogP contribution < -0.4 is 5.32 Å². The van der Waals surface area contributed by atoms with Crippen LogP contribution in [-0.2, 0) is 0 Å². The van der Waals surface area contributed by atoms with Crippen LogP contribution in [0.3, 0.4) is 0 Å². The Balaban J connectivity index is 1.81. The van der Waals surface area contributed by atoms with Crippen molar-refractivity contribution in [1.29, 1.82) is 0 Å². The van der Waals surface area contributed by atoms with E-state index in [0.29, 0.717) is 27.3 Å². The van der Waals surface area contributed by atoms with Crippen molar-refractivity contribution in [3.63, 3.8) is 0 Å². The number of rotatable bonds is 4. The molecule has 0 spiro atoms. The molecule has 29 heavy (non-hydrogen) atoms. The van der Waals surface area contributed by atoms with Crippen molar-refractivity contribution in [2.24, 2.45) is 0 Å². The molecule has 0 aliphatic carbocycles. The summed E-state index contributed by atoms with van der Waals surface area (Å²) < 4.78 is 0. The maximum atomic E-state index is 13.1. The summed E-state index contributed by atoms with van der Waals surface area (Å²) in [4.78, 5) is 29.0. The maximum absolute atomic E-state index is 13.1. The van der Waals surface area contributed by atoms with Gasteiger partial charge in [0.15, 0.2) is 0 Å². The number of anilines is 1. The summed E-state index contributed by atoms with van der Waals surface area (Å²) in [5.74, 6) is -0.251. The maximum Gasteiger partial charge on any atom is 0.324 e. The zero-order valence-electron chi connectivity index (χ0n) is 15.8. The van der Waals surface area contributed by atoms with Crippen LogP contribution in [0.2, 0.25) is 0 Å². The largest absolute Gasteiger partial charge is 0.324 e. The number of carbonyl (C=O) groups excluding carboxylic acids is 1. The van der Waals surface area contributed by atoms with Gasteiger partial charge in [-0.1, -0.05) is 40.7 Å².